The van der Waals surface area contributed by atoms with Crippen LogP contribution < -0.4 is 5.32 Å². The molecule has 23 heavy (non-hydrogen) atoms. The molecule has 2 atom stereocenters. The van der Waals surface area contributed by atoms with Crippen molar-refractivity contribution in [1.29, 1.82) is 0 Å². The minimum atomic E-state index is -0.0290. The normalized spacial score (nSPS) is 27.4. The van der Waals surface area contributed by atoms with E-state index in [2.05, 4.69) is 30.9 Å². The molecule has 0 bridgehead atoms. The number of hydrogen-bond acceptors (Lipinski definition) is 6. The minimum absolute atomic E-state index is 0.0290. The van der Waals surface area contributed by atoms with Crippen molar-refractivity contribution in [3.05, 3.63) is 11.1 Å². The van der Waals surface area contributed by atoms with E-state index in [1.54, 1.807) is 6.20 Å². The van der Waals surface area contributed by atoms with Gasteiger partial charge < -0.3 is 5.32 Å². The zero-order valence-electron chi connectivity index (χ0n) is 12.9. The first-order valence-electron chi connectivity index (χ1n) is 8.30. The van der Waals surface area contributed by atoms with E-state index >= 15 is 0 Å². The van der Waals surface area contributed by atoms with Gasteiger partial charge in [-0.15, -0.1) is 21.5 Å². The smallest absolute Gasteiger partial charge is 0.263 e. The molecule has 2 aliphatic rings. The molecule has 0 saturated heterocycles. The van der Waals surface area contributed by atoms with Crippen LogP contribution in [0.1, 0.15) is 54.6 Å². The fourth-order valence-electron chi connectivity index (χ4n) is 4.02. The standard InChI is InChI=1S/C15H20N6OS/c22-14(12-8-16-15(23-12)13-18-20-21-19-13)17-11-6-9-4-2-1-3-5-10(9)7-11/h8-11H,1-7H2,(H,17,22)(H,18,19,20,21). The first kappa shape index (κ1) is 14.7. The molecule has 2 N–H and O–H groups in total. The van der Waals surface area contributed by atoms with Crippen LogP contribution in [0, 0.1) is 11.8 Å². The molecule has 2 saturated carbocycles. The van der Waals surface area contributed by atoms with E-state index in [0.717, 1.165) is 24.7 Å². The largest absolute Gasteiger partial charge is 0.349 e. The Balaban J connectivity index is 1.39. The Labute approximate surface area is 138 Å². The molecule has 1 amide bonds. The van der Waals surface area contributed by atoms with E-state index in [1.807, 2.05) is 0 Å². The maximum atomic E-state index is 12.5. The third-order valence-electron chi connectivity index (χ3n) is 5.09. The molecule has 0 aliphatic heterocycles. The van der Waals surface area contributed by atoms with E-state index in [9.17, 15) is 4.79 Å². The predicted molar refractivity (Wildman–Crippen MR) is 85.8 cm³/mol. The van der Waals surface area contributed by atoms with Crippen molar-refractivity contribution in [2.45, 2.75) is 51.0 Å². The van der Waals surface area contributed by atoms with Gasteiger partial charge in [-0.2, -0.15) is 5.21 Å². The molecule has 2 aromatic rings. The molecule has 0 spiro atoms. The second-order valence-electron chi connectivity index (χ2n) is 6.57. The number of carbonyl (C=O) groups excluding carboxylic acids is 1. The van der Waals surface area contributed by atoms with Gasteiger partial charge in [-0.25, -0.2) is 4.98 Å². The van der Waals surface area contributed by atoms with Gasteiger partial charge >= 0.3 is 0 Å². The summed E-state index contributed by atoms with van der Waals surface area (Å²) in [6.45, 7) is 0. The summed E-state index contributed by atoms with van der Waals surface area (Å²) in [5.74, 6) is 2.01. The van der Waals surface area contributed by atoms with E-state index < -0.39 is 0 Å². The molecular formula is C15H20N6OS. The van der Waals surface area contributed by atoms with Gasteiger partial charge in [0.2, 0.25) is 5.82 Å². The van der Waals surface area contributed by atoms with Gasteiger partial charge in [-0.05, 0) is 29.9 Å². The van der Waals surface area contributed by atoms with Gasteiger partial charge in [0, 0.05) is 6.04 Å². The lowest BCUT2D eigenvalue weighted by Gasteiger charge is -2.13. The van der Waals surface area contributed by atoms with Crippen LogP contribution in [-0.2, 0) is 0 Å². The third-order valence-corrected chi connectivity index (χ3v) is 6.08. The fraction of sp³-hybridized carbons (Fsp3) is 0.667. The highest BCUT2D eigenvalue weighted by Gasteiger charge is 2.35. The van der Waals surface area contributed by atoms with Crippen molar-refractivity contribution < 1.29 is 4.79 Å². The van der Waals surface area contributed by atoms with Crippen molar-refractivity contribution in [2.75, 3.05) is 0 Å². The molecule has 7 nitrogen and oxygen atoms in total. The number of hydrogen-bond donors (Lipinski definition) is 2. The molecular weight excluding hydrogens is 312 g/mol. The average Bonchev–Trinajstić information content (AvgIpc) is 3.26. The van der Waals surface area contributed by atoms with Gasteiger partial charge in [0.1, 0.15) is 4.88 Å². The third kappa shape index (κ3) is 3.12. The maximum absolute atomic E-state index is 12.5. The topological polar surface area (TPSA) is 96.5 Å². The quantitative estimate of drug-likeness (QED) is 0.899. The second kappa shape index (κ2) is 6.35. The monoisotopic (exact) mass is 332 g/mol. The Kier molecular flexibility index (Phi) is 4.07. The lowest BCUT2D eigenvalue weighted by molar-refractivity contribution is 0.0940. The van der Waals surface area contributed by atoms with E-state index in [4.69, 9.17) is 0 Å². The van der Waals surface area contributed by atoms with E-state index in [1.165, 1.54) is 43.4 Å². The van der Waals surface area contributed by atoms with Crippen molar-refractivity contribution in [3.63, 3.8) is 0 Å². The minimum Gasteiger partial charge on any atom is -0.349 e. The highest BCUT2D eigenvalue weighted by molar-refractivity contribution is 7.16. The Morgan fingerprint density at radius 3 is 2.70 bits per heavy atom. The first-order valence-corrected chi connectivity index (χ1v) is 9.12. The van der Waals surface area contributed by atoms with Crippen molar-refractivity contribution in [3.8, 4) is 10.8 Å². The van der Waals surface area contributed by atoms with Crippen LogP contribution in [0.25, 0.3) is 10.8 Å². The summed E-state index contributed by atoms with van der Waals surface area (Å²) in [5, 5.41) is 17.5. The molecule has 2 fully saturated rings. The Morgan fingerprint density at radius 1 is 1.22 bits per heavy atom. The number of tetrazole rings is 1. The predicted octanol–water partition coefficient (Wildman–Crippen LogP) is 2.41. The summed E-state index contributed by atoms with van der Waals surface area (Å²) in [6.07, 6.45) is 10.6. The number of thiazole rings is 1. The lowest BCUT2D eigenvalue weighted by Crippen LogP contribution is -2.32. The van der Waals surface area contributed by atoms with Crippen LogP contribution in [0.3, 0.4) is 0 Å². The zero-order valence-corrected chi connectivity index (χ0v) is 13.7. The highest BCUT2D eigenvalue weighted by atomic mass is 32.1. The molecule has 0 radical (unpaired) electrons. The highest BCUT2D eigenvalue weighted by Crippen LogP contribution is 2.41. The summed E-state index contributed by atoms with van der Waals surface area (Å²) in [6, 6.07) is 0.311. The molecule has 2 unspecified atom stereocenters. The van der Waals surface area contributed by atoms with Gasteiger partial charge in [-0.3, -0.25) is 4.79 Å². The number of aromatic amines is 1. The van der Waals surface area contributed by atoms with E-state index in [0.29, 0.717) is 21.8 Å². The molecule has 0 aromatic carbocycles. The molecule has 8 heteroatoms. The number of rotatable bonds is 3. The second-order valence-corrected chi connectivity index (χ2v) is 7.60. The number of amides is 1. The lowest BCUT2D eigenvalue weighted by atomic mass is 9.92. The van der Waals surface area contributed by atoms with E-state index in [-0.39, 0.29) is 5.91 Å². The van der Waals surface area contributed by atoms with Gasteiger partial charge in [-0.1, -0.05) is 32.1 Å². The SMILES string of the molecule is O=C(NC1CC2CCCCCC2C1)c1cnc(-c2nn[nH]n2)s1. The number of nitrogens with zero attached hydrogens (tertiary/aromatic N) is 4. The number of H-pyrrole nitrogens is 1. The maximum Gasteiger partial charge on any atom is 0.263 e. The molecule has 2 aromatic heterocycles. The number of carbonyl (C=O) groups is 1. The van der Waals surface area contributed by atoms with Crippen molar-refractivity contribution in [1.82, 2.24) is 30.9 Å². The van der Waals surface area contributed by atoms with Crippen LogP contribution in [0.4, 0.5) is 0 Å². The van der Waals surface area contributed by atoms with Gasteiger partial charge in [0.15, 0.2) is 5.01 Å². The number of nitrogens with one attached hydrogen (secondary N) is 2. The zero-order chi connectivity index (χ0) is 15.6. The summed E-state index contributed by atoms with van der Waals surface area (Å²) in [7, 11) is 0. The Hall–Kier alpha value is -1.83. The molecule has 4 rings (SSSR count). The number of fused-ring (bicyclic) bond motifs is 1. The average molecular weight is 332 g/mol. The first-order chi connectivity index (χ1) is 11.3. The van der Waals surface area contributed by atoms with Crippen LogP contribution in [0.5, 0.6) is 0 Å². The molecule has 2 heterocycles. The van der Waals surface area contributed by atoms with Gasteiger partial charge in [0.05, 0.1) is 6.20 Å². The number of aromatic nitrogens is 5. The van der Waals surface area contributed by atoms with Crippen LogP contribution >= 0.6 is 11.3 Å². The van der Waals surface area contributed by atoms with Gasteiger partial charge in [0.25, 0.3) is 5.91 Å². The summed E-state index contributed by atoms with van der Waals surface area (Å²) >= 11 is 1.30. The van der Waals surface area contributed by atoms with Crippen molar-refractivity contribution >= 4 is 17.2 Å². The van der Waals surface area contributed by atoms with Crippen LogP contribution in [0.15, 0.2) is 6.20 Å². The summed E-state index contributed by atoms with van der Waals surface area (Å²) in [5.41, 5.74) is 0. The molecule has 2 aliphatic carbocycles. The Bertz CT molecular complexity index is 655. The van der Waals surface area contributed by atoms with Crippen LogP contribution in [-0.4, -0.2) is 37.6 Å². The Morgan fingerprint density at radius 2 is 2.00 bits per heavy atom. The van der Waals surface area contributed by atoms with Crippen molar-refractivity contribution in [2.24, 2.45) is 11.8 Å². The molecule has 122 valence electrons. The van der Waals surface area contributed by atoms with Crippen LogP contribution in [0.2, 0.25) is 0 Å². The summed E-state index contributed by atoms with van der Waals surface area (Å²) in [4.78, 5) is 17.3. The fourth-order valence-corrected chi connectivity index (χ4v) is 4.77. The summed E-state index contributed by atoms with van der Waals surface area (Å²) < 4.78 is 0.